The second-order valence-electron chi connectivity index (χ2n) is 2.75. The minimum atomic E-state index is -0.257. The average molecular weight is 207 g/mol. The minimum absolute atomic E-state index is 0.257. The van der Waals surface area contributed by atoms with Gasteiger partial charge in [0.1, 0.15) is 5.82 Å². The van der Waals surface area contributed by atoms with Gasteiger partial charge in [0.15, 0.2) is 0 Å². The van der Waals surface area contributed by atoms with E-state index in [1.807, 2.05) is 20.8 Å². The number of benzene rings is 1. The van der Waals surface area contributed by atoms with Crippen molar-refractivity contribution in [3.63, 3.8) is 0 Å². The van der Waals surface area contributed by atoms with E-state index in [2.05, 4.69) is 10.2 Å². The smallest absolute Gasteiger partial charge is 0.123 e. The van der Waals surface area contributed by atoms with Crippen LogP contribution < -0.4 is 0 Å². The summed E-state index contributed by atoms with van der Waals surface area (Å²) in [6.45, 7) is 5.85. The van der Waals surface area contributed by atoms with Crippen LogP contribution in [0.2, 0.25) is 0 Å². The molecule has 3 nitrogen and oxygen atoms in total. The van der Waals surface area contributed by atoms with Crippen LogP contribution in [0.5, 0.6) is 0 Å². The summed E-state index contributed by atoms with van der Waals surface area (Å²) in [5.74, 6) is -0.257. The molecule has 80 valence electrons. The molecule has 0 spiro atoms. The van der Waals surface area contributed by atoms with Crippen molar-refractivity contribution in [2.24, 2.45) is 0 Å². The second-order valence-corrected chi connectivity index (χ2v) is 2.75. The van der Waals surface area contributed by atoms with E-state index >= 15 is 0 Å². The van der Waals surface area contributed by atoms with Gasteiger partial charge in [-0.05, 0) is 31.2 Å². The Hall–Kier alpha value is -1.71. The van der Waals surface area contributed by atoms with Crippen molar-refractivity contribution >= 4 is 0 Å². The zero-order valence-electron chi connectivity index (χ0n) is 9.11. The lowest BCUT2D eigenvalue weighted by molar-refractivity contribution is 0.626. The molecule has 0 saturated carbocycles. The quantitative estimate of drug-likeness (QED) is 0.719. The standard InChI is InChI=1S/C9H8FN3.C2H6/c1-7-6-11-13(12-7)9-4-2-8(10)3-5-9;1-2/h2-6H,1H3;1-2H3. The molecule has 0 saturated heterocycles. The van der Waals surface area contributed by atoms with E-state index in [4.69, 9.17) is 0 Å². The first-order chi connectivity index (χ1) is 7.25. The number of nitrogens with zero attached hydrogens (tertiary/aromatic N) is 3. The van der Waals surface area contributed by atoms with Crippen molar-refractivity contribution in [2.75, 3.05) is 0 Å². The Bertz CT molecular complexity index is 406. The molecule has 0 aliphatic heterocycles. The number of aryl methyl sites for hydroxylation is 1. The van der Waals surface area contributed by atoms with Crippen LogP contribution in [0.1, 0.15) is 19.5 Å². The van der Waals surface area contributed by atoms with Gasteiger partial charge in [-0.1, -0.05) is 13.8 Å². The Kier molecular flexibility index (Phi) is 3.97. The summed E-state index contributed by atoms with van der Waals surface area (Å²) in [5, 5.41) is 8.09. The predicted molar refractivity (Wildman–Crippen MR) is 57.4 cm³/mol. The van der Waals surface area contributed by atoms with Gasteiger partial charge in [-0.3, -0.25) is 0 Å². The van der Waals surface area contributed by atoms with Gasteiger partial charge >= 0.3 is 0 Å². The number of hydrogen-bond donors (Lipinski definition) is 0. The largest absolute Gasteiger partial charge is 0.207 e. The summed E-state index contributed by atoms with van der Waals surface area (Å²) < 4.78 is 12.6. The highest BCUT2D eigenvalue weighted by Crippen LogP contribution is 2.06. The number of aromatic nitrogens is 3. The van der Waals surface area contributed by atoms with Crippen LogP contribution in [0.3, 0.4) is 0 Å². The molecule has 1 aromatic heterocycles. The van der Waals surface area contributed by atoms with Crippen molar-refractivity contribution in [3.05, 3.63) is 42.0 Å². The minimum Gasteiger partial charge on any atom is -0.207 e. The molecule has 0 radical (unpaired) electrons. The molecule has 2 aromatic rings. The maximum Gasteiger partial charge on any atom is 0.123 e. The lowest BCUT2D eigenvalue weighted by Crippen LogP contribution is -1.98. The first kappa shape index (κ1) is 11.4. The van der Waals surface area contributed by atoms with Gasteiger partial charge in [0.05, 0.1) is 17.6 Å². The Labute approximate surface area is 88.6 Å². The maximum absolute atomic E-state index is 12.6. The summed E-state index contributed by atoms with van der Waals surface area (Å²) in [6, 6.07) is 6.03. The van der Waals surface area contributed by atoms with Crippen LogP contribution in [0.4, 0.5) is 4.39 Å². The second kappa shape index (κ2) is 5.24. The van der Waals surface area contributed by atoms with Gasteiger partial charge in [0.25, 0.3) is 0 Å². The highest BCUT2D eigenvalue weighted by atomic mass is 19.1. The first-order valence-corrected chi connectivity index (χ1v) is 4.90. The van der Waals surface area contributed by atoms with Gasteiger partial charge in [-0.15, -0.1) is 0 Å². The van der Waals surface area contributed by atoms with Crippen molar-refractivity contribution in [3.8, 4) is 5.69 Å². The fourth-order valence-electron chi connectivity index (χ4n) is 1.04. The predicted octanol–water partition coefficient (Wildman–Crippen LogP) is 2.74. The Morgan fingerprint density at radius 3 is 2.20 bits per heavy atom. The molecule has 0 amide bonds. The van der Waals surface area contributed by atoms with Gasteiger partial charge < -0.3 is 0 Å². The number of hydrogen-bond acceptors (Lipinski definition) is 2. The summed E-state index contributed by atoms with van der Waals surface area (Å²) in [5.41, 5.74) is 1.60. The maximum atomic E-state index is 12.6. The zero-order chi connectivity index (χ0) is 11.3. The summed E-state index contributed by atoms with van der Waals surface area (Å²) >= 11 is 0. The SMILES string of the molecule is CC.Cc1cnn(-c2ccc(F)cc2)n1. The van der Waals surface area contributed by atoms with Gasteiger partial charge in [0.2, 0.25) is 0 Å². The van der Waals surface area contributed by atoms with E-state index in [0.29, 0.717) is 0 Å². The van der Waals surface area contributed by atoms with Crippen molar-refractivity contribution < 1.29 is 4.39 Å². The average Bonchev–Trinajstić information content (AvgIpc) is 2.69. The van der Waals surface area contributed by atoms with Crippen molar-refractivity contribution in [1.29, 1.82) is 0 Å². The highest BCUT2D eigenvalue weighted by Gasteiger charge is 1.98. The van der Waals surface area contributed by atoms with E-state index in [-0.39, 0.29) is 5.82 Å². The number of halogens is 1. The molecular formula is C11H14FN3. The molecule has 1 heterocycles. The first-order valence-electron chi connectivity index (χ1n) is 4.90. The molecule has 0 fully saturated rings. The third-order valence-corrected chi connectivity index (χ3v) is 1.66. The summed E-state index contributed by atoms with van der Waals surface area (Å²) in [6.07, 6.45) is 1.66. The lowest BCUT2D eigenvalue weighted by atomic mass is 10.3. The Balaban J connectivity index is 0.000000531. The molecule has 2 rings (SSSR count). The number of rotatable bonds is 1. The molecule has 4 heteroatoms. The monoisotopic (exact) mass is 207 g/mol. The van der Waals surface area contributed by atoms with Gasteiger partial charge in [-0.25, -0.2) is 4.39 Å². The fraction of sp³-hybridized carbons (Fsp3) is 0.273. The summed E-state index contributed by atoms with van der Waals surface area (Å²) in [4.78, 5) is 1.47. The van der Waals surface area contributed by atoms with Crippen molar-refractivity contribution in [1.82, 2.24) is 15.0 Å². The van der Waals surface area contributed by atoms with Crippen LogP contribution in [-0.2, 0) is 0 Å². The fourth-order valence-corrected chi connectivity index (χ4v) is 1.04. The van der Waals surface area contributed by atoms with Crippen LogP contribution in [0.15, 0.2) is 30.5 Å². The lowest BCUT2D eigenvalue weighted by Gasteiger charge is -1.97. The summed E-state index contributed by atoms with van der Waals surface area (Å²) in [7, 11) is 0. The van der Waals surface area contributed by atoms with Gasteiger partial charge in [-0.2, -0.15) is 15.0 Å². The Morgan fingerprint density at radius 2 is 1.73 bits per heavy atom. The normalized spacial score (nSPS) is 9.33. The van der Waals surface area contributed by atoms with E-state index in [0.717, 1.165) is 11.4 Å². The van der Waals surface area contributed by atoms with E-state index in [9.17, 15) is 4.39 Å². The van der Waals surface area contributed by atoms with Crippen LogP contribution in [-0.4, -0.2) is 15.0 Å². The molecule has 1 aromatic carbocycles. The van der Waals surface area contributed by atoms with Crippen molar-refractivity contribution in [2.45, 2.75) is 20.8 Å². The van der Waals surface area contributed by atoms with Crippen LogP contribution >= 0.6 is 0 Å². The third kappa shape index (κ3) is 2.87. The van der Waals surface area contributed by atoms with E-state index in [1.54, 1.807) is 18.3 Å². The zero-order valence-corrected chi connectivity index (χ0v) is 9.11. The van der Waals surface area contributed by atoms with E-state index < -0.39 is 0 Å². The van der Waals surface area contributed by atoms with E-state index in [1.165, 1.54) is 16.9 Å². The molecule has 0 unspecified atom stereocenters. The topological polar surface area (TPSA) is 30.7 Å². The van der Waals surface area contributed by atoms with Crippen LogP contribution in [0.25, 0.3) is 5.69 Å². The molecule has 0 aliphatic rings. The highest BCUT2D eigenvalue weighted by molar-refractivity contribution is 5.29. The molecular weight excluding hydrogens is 193 g/mol. The molecule has 0 aliphatic carbocycles. The molecule has 15 heavy (non-hydrogen) atoms. The molecule has 0 bridgehead atoms. The van der Waals surface area contributed by atoms with Crippen LogP contribution in [0, 0.1) is 12.7 Å². The Morgan fingerprint density at radius 1 is 1.13 bits per heavy atom. The third-order valence-electron chi connectivity index (χ3n) is 1.66. The molecule has 0 N–H and O–H groups in total. The molecule has 0 atom stereocenters. The van der Waals surface area contributed by atoms with Gasteiger partial charge in [0, 0.05) is 0 Å².